The molecule has 3 aromatic rings. The predicted molar refractivity (Wildman–Crippen MR) is 167 cm³/mol. The van der Waals surface area contributed by atoms with Gasteiger partial charge < -0.3 is 19.1 Å². The molecule has 2 fully saturated rings. The molecule has 9 nitrogen and oxygen atoms in total. The molecule has 214 valence electrons. The quantitative estimate of drug-likeness (QED) is 0.148. The number of nitrogens with zero attached hydrogens (tertiary/aromatic N) is 4. The van der Waals surface area contributed by atoms with Crippen LogP contribution in [0.15, 0.2) is 59.0 Å². The second-order valence-corrected chi connectivity index (χ2v) is 11.2. The van der Waals surface area contributed by atoms with Crippen LogP contribution in [-0.2, 0) is 4.79 Å². The van der Waals surface area contributed by atoms with Gasteiger partial charge in [0.2, 0.25) is 5.91 Å². The summed E-state index contributed by atoms with van der Waals surface area (Å²) in [5, 5.41) is 15.8. The van der Waals surface area contributed by atoms with Crippen molar-refractivity contribution < 1.29 is 14.1 Å². The first-order chi connectivity index (χ1) is 19.8. The van der Waals surface area contributed by atoms with E-state index in [1.807, 2.05) is 17.0 Å². The van der Waals surface area contributed by atoms with E-state index in [1.165, 1.54) is 6.08 Å². The van der Waals surface area contributed by atoms with E-state index < -0.39 is 0 Å². The first-order valence-corrected chi connectivity index (χ1v) is 14.6. The smallest absolute Gasteiger partial charge is 0.292 e. The fraction of sp³-hybridized carbons (Fsp3) is 0.310. The van der Waals surface area contributed by atoms with Gasteiger partial charge in [0.25, 0.3) is 5.69 Å². The Kier molecular flexibility index (Phi) is 9.12. The number of piperazine rings is 1. The van der Waals surface area contributed by atoms with E-state index >= 15 is 0 Å². The number of nitro groups is 1. The van der Waals surface area contributed by atoms with Gasteiger partial charge in [0.05, 0.1) is 4.92 Å². The monoisotopic (exact) mass is 613 g/mol. The van der Waals surface area contributed by atoms with E-state index in [0.29, 0.717) is 58.5 Å². The molecule has 2 saturated heterocycles. The van der Waals surface area contributed by atoms with E-state index in [1.54, 1.807) is 42.5 Å². The largest absolute Gasteiger partial charge is 0.457 e. The van der Waals surface area contributed by atoms with Crippen LogP contribution in [0.1, 0.15) is 25.0 Å². The molecule has 3 heterocycles. The van der Waals surface area contributed by atoms with Crippen molar-refractivity contribution in [3.05, 3.63) is 80.5 Å². The van der Waals surface area contributed by atoms with Gasteiger partial charge in [-0.2, -0.15) is 0 Å². The third-order valence-corrected chi connectivity index (χ3v) is 7.98. The van der Waals surface area contributed by atoms with E-state index in [0.717, 1.165) is 43.6 Å². The summed E-state index contributed by atoms with van der Waals surface area (Å²) in [5.41, 5.74) is 2.52. The van der Waals surface area contributed by atoms with Gasteiger partial charge in [-0.05, 0) is 80.0 Å². The summed E-state index contributed by atoms with van der Waals surface area (Å²) in [5.74, 6) is 0.722. The predicted octanol–water partition coefficient (Wildman–Crippen LogP) is 6.39. The van der Waals surface area contributed by atoms with Crippen LogP contribution in [0.2, 0.25) is 10.0 Å². The van der Waals surface area contributed by atoms with Crippen molar-refractivity contribution >= 4 is 69.6 Å². The van der Waals surface area contributed by atoms with Crippen molar-refractivity contribution in [1.82, 2.24) is 10.2 Å². The molecule has 1 amide bonds. The van der Waals surface area contributed by atoms with Crippen LogP contribution < -0.4 is 15.1 Å². The van der Waals surface area contributed by atoms with Crippen molar-refractivity contribution in [1.29, 1.82) is 0 Å². The Bertz CT molecular complexity index is 1460. The van der Waals surface area contributed by atoms with Crippen molar-refractivity contribution in [2.45, 2.75) is 19.3 Å². The second kappa shape index (κ2) is 12.9. The Morgan fingerprint density at radius 2 is 1.63 bits per heavy atom. The van der Waals surface area contributed by atoms with Crippen LogP contribution in [0.3, 0.4) is 0 Å². The molecule has 2 aliphatic heterocycles. The minimum Gasteiger partial charge on any atom is -0.457 e. The third kappa shape index (κ3) is 7.19. The minimum atomic E-state index is -0.359. The van der Waals surface area contributed by atoms with E-state index in [4.69, 9.17) is 39.8 Å². The Labute approximate surface area is 253 Å². The van der Waals surface area contributed by atoms with Crippen LogP contribution >= 0.6 is 35.4 Å². The van der Waals surface area contributed by atoms with Crippen molar-refractivity contribution in [3.63, 3.8) is 0 Å². The van der Waals surface area contributed by atoms with Crippen LogP contribution in [0.4, 0.5) is 17.1 Å². The highest BCUT2D eigenvalue weighted by atomic mass is 35.5. The number of nitro benzene ring substituents is 1. The Balaban J connectivity index is 1.15. The first-order valence-electron chi connectivity index (χ1n) is 13.4. The highest BCUT2D eigenvalue weighted by Gasteiger charge is 2.25. The molecule has 2 aromatic carbocycles. The maximum absolute atomic E-state index is 12.5. The molecule has 0 spiro atoms. The maximum Gasteiger partial charge on any atom is 0.292 e. The number of anilines is 2. The number of hydrogen-bond acceptors (Lipinski definition) is 7. The number of nitrogens with one attached hydrogen (secondary N) is 1. The van der Waals surface area contributed by atoms with Crippen LogP contribution in [-0.4, -0.2) is 60.1 Å². The Morgan fingerprint density at radius 3 is 2.32 bits per heavy atom. The highest BCUT2D eigenvalue weighted by molar-refractivity contribution is 7.80. The molecular formula is C29H29Cl2N5O4S. The fourth-order valence-electron chi connectivity index (χ4n) is 5.10. The number of benzene rings is 2. The van der Waals surface area contributed by atoms with Gasteiger partial charge in [-0.15, -0.1) is 0 Å². The molecule has 1 N–H and O–H groups in total. The summed E-state index contributed by atoms with van der Waals surface area (Å²) in [7, 11) is 0. The zero-order chi connectivity index (χ0) is 28.9. The Morgan fingerprint density at radius 1 is 0.927 bits per heavy atom. The van der Waals surface area contributed by atoms with Crippen molar-refractivity contribution in [3.8, 4) is 11.3 Å². The van der Waals surface area contributed by atoms with Crippen LogP contribution in [0, 0.1) is 10.1 Å². The third-order valence-electron chi connectivity index (χ3n) is 7.19. The normalized spacial score (nSPS) is 15.8. The van der Waals surface area contributed by atoms with Gasteiger partial charge in [0.15, 0.2) is 5.11 Å². The minimum absolute atomic E-state index is 0.144. The first kappa shape index (κ1) is 28.9. The van der Waals surface area contributed by atoms with Crippen molar-refractivity contribution in [2.75, 3.05) is 49.1 Å². The number of thiocarbonyl (C=S) groups is 1. The standard InChI is InChI=1S/C29H29Cl2N5O4S/c30-21-16-20(17-22(31)18-21)27-8-5-24(40-27)6-9-28(37)32-29(41)35-14-12-33(13-15-35)23-4-7-25(36(38)39)26(19-23)34-10-2-1-3-11-34/h4-9,16-19H,1-3,10-15H2,(H,32,37,41)/b9-6+. The van der Waals surface area contributed by atoms with Gasteiger partial charge in [0.1, 0.15) is 17.2 Å². The van der Waals surface area contributed by atoms with E-state index in [-0.39, 0.29) is 16.5 Å². The van der Waals surface area contributed by atoms with Gasteiger partial charge in [-0.1, -0.05) is 23.2 Å². The molecule has 12 heteroatoms. The number of furan rings is 1. The fourth-order valence-corrected chi connectivity index (χ4v) is 5.91. The lowest BCUT2D eigenvalue weighted by Gasteiger charge is -2.37. The molecule has 0 bridgehead atoms. The molecule has 2 aliphatic rings. The van der Waals surface area contributed by atoms with Gasteiger partial charge in [0, 0.05) is 72.7 Å². The number of amides is 1. The van der Waals surface area contributed by atoms with E-state index in [9.17, 15) is 14.9 Å². The molecule has 0 saturated carbocycles. The lowest BCUT2D eigenvalue weighted by atomic mass is 10.1. The summed E-state index contributed by atoms with van der Waals surface area (Å²) in [6, 6.07) is 14.0. The highest BCUT2D eigenvalue weighted by Crippen LogP contribution is 2.34. The SMILES string of the molecule is O=C(/C=C/c1ccc(-c2cc(Cl)cc(Cl)c2)o1)NC(=S)N1CCN(c2ccc([N+](=O)[O-])c(N3CCCCC3)c2)CC1. The number of carbonyl (C=O) groups is 1. The molecular weight excluding hydrogens is 585 g/mol. The summed E-state index contributed by atoms with van der Waals surface area (Å²) in [6.07, 6.45) is 6.18. The van der Waals surface area contributed by atoms with Gasteiger partial charge >= 0.3 is 0 Å². The average Bonchev–Trinajstić information content (AvgIpc) is 3.45. The molecule has 5 rings (SSSR count). The zero-order valence-corrected chi connectivity index (χ0v) is 24.6. The summed E-state index contributed by atoms with van der Waals surface area (Å²) >= 11 is 17.6. The summed E-state index contributed by atoms with van der Waals surface area (Å²) < 4.78 is 5.80. The van der Waals surface area contributed by atoms with Crippen LogP contribution in [0.5, 0.6) is 0 Å². The maximum atomic E-state index is 12.5. The molecule has 0 radical (unpaired) electrons. The second-order valence-electron chi connectivity index (χ2n) is 9.94. The topological polar surface area (TPSA) is 95.1 Å². The van der Waals surface area contributed by atoms with Gasteiger partial charge in [-0.25, -0.2) is 0 Å². The number of hydrogen-bond donors (Lipinski definition) is 1. The number of rotatable bonds is 6. The van der Waals surface area contributed by atoms with Gasteiger partial charge in [-0.3, -0.25) is 20.2 Å². The van der Waals surface area contributed by atoms with Crippen LogP contribution in [0.25, 0.3) is 17.4 Å². The molecule has 0 unspecified atom stereocenters. The number of piperidine rings is 1. The van der Waals surface area contributed by atoms with Crippen molar-refractivity contribution in [2.24, 2.45) is 0 Å². The Hall–Kier alpha value is -3.60. The molecule has 0 atom stereocenters. The summed E-state index contributed by atoms with van der Waals surface area (Å²) in [6.45, 7) is 4.24. The molecule has 1 aromatic heterocycles. The molecule has 0 aliphatic carbocycles. The number of carbonyl (C=O) groups excluding carboxylic acids is 1. The average molecular weight is 615 g/mol. The summed E-state index contributed by atoms with van der Waals surface area (Å²) in [4.78, 5) is 30.2. The lowest BCUT2D eigenvalue weighted by Crippen LogP contribution is -2.52. The molecule has 41 heavy (non-hydrogen) atoms. The lowest BCUT2D eigenvalue weighted by molar-refractivity contribution is -0.384. The van der Waals surface area contributed by atoms with E-state index in [2.05, 4.69) is 15.1 Å². The number of halogens is 2. The zero-order valence-electron chi connectivity index (χ0n) is 22.2.